The van der Waals surface area contributed by atoms with E-state index in [2.05, 4.69) is 41.7 Å². The van der Waals surface area contributed by atoms with Crippen LogP contribution in [0, 0.1) is 0 Å². The fourth-order valence-electron chi connectivity index (χ4n) is 2.03. The molecule has 0 radical (unpaired) electrons. The summed E-state index contributed by atoms with van der Waals surface area (Å²) in [7, 11) is 0. The molecule has 2 rings (SSSR count). The summed E-state index contributed by atoms with van der Waals surface area (Å²) < 4.78 is 4.89. The second kappa shape index (κ2) is 8.60. The lowest BCUT2D eigenvalue weighted by atomic mass is 10.2. The van der Waals surface area contributed by atoms with Crippen molar-refractivity contribution in [2.45, 2.75) is 26.3 Å². The molecule has 0 bridgehead atoms. The zero-order valence-electron chi connectivity index (χ0n) is 12.3. The van der Waals surface area contributed by atoms with Gasteiger partial charge in [0.25, 0.3) is 0 Å². The van der Waals surface area contributed by atoms with Gasteiger partial charge in [0.2, 0.25) is 0 Å². The molecule has 3 nitrogen and oxygen atoms in total. The molecule has 21 heavy (non-hydrogen) atoms. The van der Waals surface area contributed by atoms with E-state index >= 15 is 0 Å². The summed E-state index contributed by atoms with van der Waals surface area (Å²) in [5.41, 5.74) is 1.26. The summed E-state index contributed by atoms with van der Waals surface area (Å²) in [5, 5.41) is 3.37. The number of ether oxygens (including phenoxy) is 1. The largest absolute Gasteiger partial charge is 0.466 e. The van der Waals surface area contributed by atoms with Gasteiger partial charge in [-0.25, -0.2) is 0 Å². The van der Waals surface area contributed by atoms with Crippen molar-refractivity contribution >= 4 is 17.3 Å². The second-order valence-electron chi connectivity index (χ2n) is 4.72. The molecule has 2 aromatic rings. The van der Waals surface area contributed by atoms with E-state index in [0.29, 0.717) is 13.0 Å². The minimum atomic E-state index is -0.109. The summed E-state index contributed by atoms with van der Waals surface area (Å²) in [5.74, 6) is -0.109. The second-order valence-corrected chi connectivity index (χ2v) is 5.89. The molecule has 0 amide bonds. The molecule has 0 aliphatic carbocycles. The maximum atomic E-state index is 11.2. The molecule has 0 aliphatic rings. The molecule has 0 aliphatic heterocycles. The van der Waals surface area contributed by atoms with Crippen LogP contribution in [0.5, 0.6) is 0 Å². The quantitative estimate of drug-likeness (QED) is 0.594. The molecule has 4 heteroatoms. The number of thiophene rings is 1. The molecule has 0 fully saturated rings. The number of carbonyl (C=O) groups is 1. The molecule has 0 spiro atoms. The smallest absolute Gasteiger partial charge is 0.305 e. The van der Waals surface area contributed by atoms with E-state index < -0.39 is 0 Å². The number of nitrogens with one attached hydrogen (secondary N) is 1. The molecular weight excluding hydrogens is 282 g/mol. The fourth-order valence-corrected chi connectivity index (χ4v) is 3.02. The lowest BCUT2D eigenvalue weighted by molar-refractivity contribution is -0.143. The molecule has 112 valence electrons. The minimum Gasteiger partial charge on any atom is -0.466 e. The van der Waals surface area contributed by atoms with Crippen molar-refractivity contribution in [3.05, 3.63) is 47.3 Å². The Morgan fingerprint density at radius 3 is 2.76 bits per heavy atom. The summed E-state index contributed by atoms with van der Waals surface area (Å²) in [6, 6.07) is 14.7. The highest BCUT2D eigenvalue weighted by Crippen LogP contribution is 2.27. The molecule has 1 heterocycles. The lowest BCUT2D eigenvalue weighted by Gasteiger charge is -2.03. The number of esters is 1. The lowest BCUT2D eigenvalue weighted by Crippen LogP contribution is -2.15. The van der Waals surface area contributed by atoms with Gasteiger partial charge in [-0.05, 0) is 37.6 Å². The predicted molar refractivity (Wildman–Crippen MR) is 87.3 cm³/mol. The van der Waals surface area contributed by atoms with Crippen LogP contribution in [0.3, 0.4) is 0 Å². The van der Waals surface area contributed by atoms with Crippen LogP contribution < -0.4 is 5.32 Å². The van der Waals surface area contributed by atoms with E-state index in [1.54, 1.807) is 11.3 Å². The fraction of sp³-hybridized carbons (Fsp3) is 0.353. The van der Waals surface area contributed by atoms with Crippen LogP contribution in [0.1, 0.15) is 24.6 Å². The Kier molecular flexibility index (Phi) is 6.44. The third-order valence-corrected chi connectivity index (χ3v) is 4.19. The molecule has 0 unspecified atom stereocenters. The first kappa shape index (κ1) is 15.7. The molecule has 0 atom stereocenters. The number of benzene rings is 1. The van der Waals surface area contributed by atoms with Gasteiger partial charge in [0.05, 0.1) is 6.61 Å². The van der Waals surface area contributed by atoms with E-state index in [1.165, 1.54) is 15.3 Å². The standard InChI is InChI=1S/C17H21NO2S/c1-2-20-17(19)9-6-12-18-13-15-10-11-16(21-15)14-7-4-3-5-8-14/h3-5,7-8,10-11,18H,2,6,9,12-13H2,1H3. The van der Waals surface area contributed by atoms with Crippen molar-refractivity contribution in [3.63, 3.8) is 0 Å². The first-order valence-electron chi connectivity index (χ1n) is 7.30. The summed E-state index contributed by atoms with van der Waals surface area (Å²) in [6.07, 6.45) is 1.30. The molecule has 1 N–H and O–H groups in total. The van der Waals surface area contributed by atoms with Gasteiger partial charge in [-0.3, -0.25) is 4.79 Å². The average molecular weight is 303 g/mol. The van der Waals surface area contributed by atoms with Crippen LogP contribution in [0.15, 0.2) is 42.5 Å². The van der Waals surface area contributed by atoms with Gasteiger partial charge >= 0.3 is 5.97 Å². The third kappa shape index (κ3) is 5.33. The van der Waals surface area contributed by atoms with Crippen molar-refractivity contribution in [1.82, 2.24) is 5.32 Å². The highest BCUT2D eigenvalue weighted by molar-refractivity contribution is 7.15. The van der Waals surface area contributed by atoms with Gasteiger partial charge in [0.1, 0.15) is 0 Å². The number of carbonyl (C=O) groups excluding carboxylic acids is 1. The van der Waals surface area contributed by atoms with E-state index in [1.807, 2.05) is 13.0 Å². The first-order valence-corrected chi connectivity index (χ1v) is 8.11. The Morgan fingerprint density at radius 2 is 2.00 bits per heavy atom. The molecular formula is C17H21NO2S. The first-order chi connectivity index (χ1) is 10.3. The zero-order chi connectivity index (χ0) is 14.9. The average Bonchev–Trinajstić information content (AvgIpc) is 2.97. The maximum absolute atomic E-state index is 11.2. The molecule has 1 aromatic carbocycles. The SMILES string of the molecule is CCOC(=O)CCCNCc1ccc(-c2ccccc2)s1. The highest BCUT2D eigenvalue weighted by Gasteiger charge is 2.03. The van der Waals surface area contributed by atoms with Crippen LogP contribution in [-0.4, -0.2) is 19.1 Å². The van der Waals surface area contributed by atoms with Crippen molar-refractivity contribution < 1.29 is 9.53 Å². The van der Waals surface area contributed by atoms with Crippen molar-refractivity contribution in [1.29, 1.82) is 0 Å². The van der Waals surface area contributed by atoms with Gasteiger partial charge in [-0.15, -0.1) is 11.3 Å². The van der Waals surface area contributed by atoms with Gasteiger partial charge in [0, 0.05) is 22.7 Å². The van der Waals surface area contributed by atoms with E-state index in [4.69, 9.17) is 4.74 Å². The van der Waals surface area contributed by atoms with E-state index in [9.17, 15) is 4.79 Å². The summed E-state index contributed by atoms with van der Waals surface area (Å²) >= 11 is 1.80. The van der Waals surface area contributed by atoms with Crippen LogP contribution in [-0.2, 0) is 16.1 Å². The van der Waals surface area contributed by atoms with Crippen molar-refractivity contribution in [2.75, 3.05) is 13.2 Å². The van der Waals surface area contributed by atoms with Crippen LogP contribution >= 0.6 is 11.3 Å². The Hall–Kier alpha value is -1.65. The number of hydrogen-bond donors (Lipinski definition) is 1. The summed E-state index contributed by atoms with van der Waals surface area (Å²) in [4.78, 5) is 13.8. The van der Waals surface area contributed by atoms with Crippen LogP contribution in [0.25, 0.3) is 10.4 Å². The van der Waals surface area contributed by atoms with Crippen LogP contribution in [0.2, 0.25) is 0 Å². The Labute approximate surface area is 130 Å². The van der Waals surface area contributed by atoms with Crippen molar-refractivity contribution in [3.8, 4) is 10.4 Å². The molecule has 0 saturated heterocycles. The van der Waals surface area contributed by atoms with Crippen molar-refractivity contribution in [2.24, 2.45) is 0 Å². The van der Waals surface area contributed by atoms with Gasteiger partial charge in [-0.2, -0.15) is 0 Å². The third-order valence-electron chi connectivity index (χ3n) is 3.06. The van der Waals surface area contributed by atoms with Gasteiger partial charge < -0.3 is 10.1 Å². The Bertz CT molecular complexity index is 551. The highest BCUT2D eigenvalue weighted by atomic mass is 32.1. The minimum absolute atomic E-state index is 0.109. The monoisotopic (exact) mass is 303 g/mol. The van der Waals surface area contributed by atoms with E-state index in [-0.39, 0.29) is 5.97 Å². The topological polar surface area (TPSA) is 38.3 Å². The van der Waals surface area contributed by atoms with Gasteiger partial charge in [-0.1, -0.05) is 30.3 Å². The Morgan fingerprint density at radius 1 is 1.19 bits per heavy atom. The number of hydrogen-bond acceptors (Lipinski definition) is 4. The summed E-state index contributed by atoms with van der Waals surface area (Å²) in [6.45, 7) is 3.97. The molecule has 0 saturated carbocycles. The Balaban J connectivity index is 1.70. The van der Waals surface area contributed by atoms with Gasteiger partial charge in [0.15, 0.2) is 0 Å². The normalized spacial score (nSPS) is 10.5. The maximum Gasteiger partial charge on any atom is 0.305 e. The molecule has 1 aromatic heterocycles. The van der Waals surface area contributed by atoms with E-state index in [0.717, 1.165) is 19.5 Å². The zero-order valence-corrected chi connectivity index (χ0v) is 13.1. The van der Waals surface area contributed by atoms with Crippen LogP contribution in [0.4, 0.5) is 0 Å². The number of rotatable bonds is 8. The predicted octanol–water partition coefficient (Wildman–Crippen LogP) is 3.85.